The summed E-state index contributed by atoms with van der Waals surface area (Å²) in [7, 11) is 1.82. The molecule has 22 heavy (non-hydrogen) atoms. The SMILES string of the molecule is C[NH+](CC(=O)Nc1c(F)cccc1F)Cc1cccc(Cl)c1. The van der Waals surface area contributed by atoms with Crippen LogP contribution < -0.4 is 10.2 Å². The van der Waals surface area contributed by atoms with Gasteiger partial charge in [-0.2, -0.15) is 0 Å². The molecular formula is C16H16ClF2N2O+. The molecule has 0 spiro atoms. The molecule has 0 radical (unpaired) electrons. The van der Waals surface area contributed by atoms with Gasteiger partial charge in [-0.25, -0.2) is 8.78 Å². The molecule has 3 nitrogen and oxygen atoms in total. The number of hydrogen-bond acceptors (Lipinski definition) is 1. The fraction of sp³-hybridized carbons (Fsp3) is 0.188. The smallest absolute Gasteiger partial charge is 0.279 e. The number of halogens is 3. The average Bonchev–Trinajstić information content (AvgIpc) is 2.43. The van der Waals surface area contributed by atoms with Crippen molar-refractivity contribution < 1.29 is 18.5 Å². The fourth-order valence-electron chi connectivity index (χ4n) is 2.13. The Morgan fingerprint density at radius 2 is 1.82 bits per heavy atom. The topological polar surface area (TPSA) is 33.5 Å². The van der Waals surface area contributed by atoms with Crippen LogP contribution in [0.4, 0.5) is 14.5 Å². The van der Waals surface area contributed by atoms with E-state index in [0.29, 0.717) is 11.6 Å². The van der Waals surface area contributed by atoms with Gasteiger partial charge in [0.1, 0.15) is 23.9 Å². The lowest BCUT2D eigenvalue weighted by molar-refractivity contribution is -0.885. The highest BCUT2D eigenvalue weighted by Gasteiger charge is 2.15. The molecule has 6 heteroatoms. The van der Waals surface area contributed by atoms with Crippen LogP contribution in [0.25, 0.3) is 0 Å². The summed E-state index contributed by atoms with van der Waals surface area (Å²) < 4.78 is 26.9. The zero-order valence-corrected chi connectivity index (χ0v) is 12.8. The lowest BCUT2D eigenvalue weighted by atomic mass is 10.2. The van der Waals surface area contributed by atoms with Gasteiger partial charge in [0.25, 0.3) is 5.91 Å². The maximum Gasteiger partial charge on any atom is 0.279 e. The first kappa shape index (κ1) is 16.4. The first-order valence-electron chi connectivity index (χ1n) is 6.75. The largest absolute Gasteiger partial charge is 0.326 e. The third-order valence-corrected chi connectivity index (χ3v) is 3.32. The van der Waals surface area contributed by atoms with Crippen LogP contribution in [0.2, 0.25) is 5.02 Å². The Labute approximate surface area is 132 Å². The standard InChI is InChI=1S/C16H15ClF2N2O/c1-21(9-11-4-2-5-12(17)8-11)10-15(22)20-16-13(18)6-3-7-14(16)19/h2-8H,9-10H2,1H3,(H,20,22)/p+1. The molecule has 0 aliphatic rings. The Kier molecular flexibility index (Phi) is 5.46. The third kappa shape index (κ3) is 4.51. The highest BCUT2D eigenvalue weighted by molar-refractivity contribution is 6.30. The zero-order chi connectivity index (χ0) is 16.1. The van der Waals surface area contributed by atoms with Crippen molar-refractivity contribution in [3.63, 3.8) is 0 Å². The molecule has 0 aliphatic carbocycles. The minimum absolute atomic E-state index is 0.0836. The third-order valence-electron chi connectivity index (χ3n) is 3.08. The van der Waals surface area contributed by atoms with Gasteiger partial charge in [0.05, 0.1) is 7.05 Å². The fourth-order valence-corrected chi connectivity index (χ4v) is 2.35. The van der Waals surface area contributed by atoms with Gasteiger partial charge < -0.3 is 10.2 Å². The second kappa shape index (κ2) is 7.33. The van der Waals surface area contributed by atoms with Gasteiger partial charge in [-0.1, -0.05) is 29.8 Å². The number of nitrogens with one attached hydrogen (secondary N) is 2. The van der Waals surface area contributed by atoms with Crippen molar-refractivity contribution >= 4 is 23.2 Å². The van der Waals surface area contributed by atoms with Crippen molar-refractivity contribution in [2.24, 2.45) is 0 Å². The number of carbonyl (C=O) groups is 1. The van der Waals surface area contributed by atoms with Gasteiger partial charge in [-0.3, -0.25) is 4.79 Å². The number of anilines is 1. The number of benzene rings is 2. The summed E-state index contributed by atoms with van der Waals surface area (Å²) in [5.41, 5.74) is 0.568. The average molecular weight is 326 g/mol. The molecule has 0 aromatic heterocycles. The summed E-state index contributed by atoms with van der Waals surface area (Å²) in [6.45, 7) is 0.661. The molecule has 2 N–H and O–H groups in total. The van der Waals surface area contributed by atoms with Crippen LogP contribution in [0.1, 0.15) is 5.56 Å². The molecular weight excluding hydrogens is 310 g/mol. The molecule has 0 aliphatic heterocycles. The normalized spacial score (nSPS) is 12.0. The lowest BCUT2D eigenvalue weighted by Crippen LogP contribution is -3.08. The predicted octanol–water partition coefficient (Wildman–Crippen LogP) is 2.27. The minimum atomic E-state index is -0.791. The van der Waals surface area contributed by atoms with E-state index in [9.17, 15) is 13.6 Å². The van der Waals surface area contributed by atoms with Crippen LogP contribution in [-0.4, -0.2) is 19.5 Å². The van der Waals surface area contributed by atoms with Crippen LogP contribution >= 0.6 is 11.6 Å². The first-order chi connectivity index (χ1) is 10.5. The van der Waals surface area contributed by atoms with Crippen LogP contribution in [0, 0.1) is 11.6 Å². The predicted molar refractivity (Wildman–Crippen MR) is 81.9 cm³/mol. The summed E-state index contributed by atoms with van der Waals surface area (Å²) in [5.74, 6) is -2.04. The molecule has 1 atom stereocenters. The number of para-hydroxylation sites is 1. The molecule has 2 aromatic carbocycles. The maximum atomic E-state index is 13.5. The molecule has 1 unspecified atom stereocenters. The molecule has 1 amide bonds. The van der Waals surface area contributed by atoms with E-state index in [1.54, 1.807) is 6.07 Å². The Morgan fingerprint density at radius 1 is 1.18 bits per heavy atom. The van der Waals surface area contributed by atoms with E-state index in [4.69, 9.17) is 11.6 Å². The van der Waals surface area contributed by atoms with E-state index >= 15 is 0 Å². The second-order valence-corrected chi connectivity index (χ2v) is 5.52. The highest BCUT2D eigenvalue weighted by Crippen LogP contribution is 2.17. The summed E-state index contributed by atoms with van der Waals surface area (Å²) in [4.78, 5) is 12.8. The van der Waals surface area contributed by atoms with E-state index in [1.165, 1.54) is 6.07 Å². The number of hydrogen-bond donors (Lipinski definition) is 2. The van der Waals surface area contributed by atoms with E-state index in [-0.39, 0.29) is 6.54 Å². The van der Waals surface area contributed by atoms with Crippen molar-refractivity contribution in [3.8, 4) is 0 Å². The molecule has 2 aromatic rings. The summed E-state index contributed by atoms with van der Waals surface area (Å²) in [6.07, 6.45) is 0. The van der Waals surface area contributed by atoms with Crippen LogP contribution in [0.3, 0.4) is 0 Å². The van der Waals surface area contributed by atoms with E-state index in [1.807, 2.05) is 25.2 Å². The number of carbonyl (C=O) groups excluding carboxylic acids is 1. The van der Waals surface area contributed by atoms with E-state index in [2.05, 4.69) is 5.32 Å². The first-order valence-corrected chi connectivity index (χ1v) is 7.13. The monoisotopic (exact) mass is 325 g/mol. The van der Waals surface area contributed by atoms with Crippen molar-refractivity contribution in [2.75, 3.05) is 18.9 Å². The lowest BCUT2D eigenvalue weighted by Gasteiger charge is -2.14. The summed E-state index contributed by atoms with van der Waals surface area (Å²) in [6, 6.07) is 10.8. The summed E-state index contributed by atoms with van der Waals surface area (Å²) >= 11 is 5.90. The Hall–Kier alpha value is -1.98. The van der Waals surface area contributed by atoms with Gasteiger partial charge >= 0.3 is 0 Å². The van der Waals surface area contributed by atoms with Gasteiger partial charge in [0, 0.05) is 10.6 Å². The molecule has 0 saturated carbocycles. The van der Waals surface area contributed by atoms with Crippen LogP contribution in [-0.2, 0) is 11.3 Å². The molecule has 0 bridgehead atoms. The molecule has 0 heterocycles. The van der Waals surface area contributed by atoms with E-state index in [0.717, 1.165) is 22.6 Å². The highest BCUT2D eigenvalue weighted by atomic mass is 35.5. The summed E-state index contributed by atoms with van der Waals surface area (Å²) in [5, 5.41) is 2.90. The quantitative estimate of drug-likeness (QED) is 0.869. The zero-order valence-electron chi connectivity index (χ0n) is 12.0. The van der Waals surface area contributed by atoms with Gasteiger partial charge in [-0.05, 0) is 24.3 Å². The number of amides is 1. The molecule has 2 rings (SSSR count). The maximum absolute atomic E-state index is 13.5. The van der Waals surface area contributed by atoms with E-state index < -0.39 is 23.2 Å². The Morgan fingerprint density at radius 3 is 2.45 bits per heavy atom. The molecule has 0 saturated heterocycles. The minimum Gasteiger partial charge on any atom is -0.326 e. The second-order valence-electron chi connectivity index (χ2n) is 5.09. The molecule has 0 fully saturated rings. The van der Waals surface area contributed by atoms with Crippen molar-refractivity contribution in [3.05, 3.63) is 64.7 Å². The van der Waals surface area contributed by atoms with Crippen LogP contribution in [0.15, 0.2) is 42.5 Å². The van der Waals surface area contributed by atoms with Crippen molar-refractivity contribution in [1.82, 2.24) is 0 Å². The molecule has 116 valence electrons. The van der Waals surface area contributed by atoms with Gasteiger partial charge in [0.2, 0.25) is 0 Å². The van der Waals surface area contributed by atoms with Crippen molar-refractivity contribution in [1.29, 1.82) is 0 Å². The number of likely N-dealkylation sites (N-methyl/N-ethyl adjacent to an activating group) is 1. The Balaban J connectivity index is 1.94. The van der Waals surface area contributed by atoms with Gasteiger partial charge in [-0.15, -0.1) is 0 Å². The van der Waals surface area contributed by atoms with Gasteiger partial charge in [0.15, 0.2) is 6.54 Å². The number of quaternary nitrogens is 1. The van der Waals surface area contributed by atoms with Crippen molar-refractivity contribution in [2.45, 2.75) is 6.54 Å². The van der Waals surface area contributed by atoms with Crippen LogP contribution in [0.5, 0.6) is 0 Å². The Bertz CT molecular complexity index is 659. The number of rotatable bonds is 5.